The van der Waals surface area contributed by atoms with Gasteiger partial charge in [-0.15, -0.1) is 0 Å². The SMILES string of the molecule is CCOC(=O)CN(C)Cc1ccc(F)c2cccnc12. The van der Waals surface area contributed by atoms with E-state index in [1.54, 1.807) is 31.3 Å². The highest BCUT2D eigenvalue weighted by atomic mass is 19.1. The van der Waals surface area contributed by atoms with Gasteiger partial charge in [0.25, 0.3) is 0 Å². The average molecular weight is 276 g/mol. The first-order valence-corrected chi connectivity index (χ1v) is 6.48. The summed E-state index contributed by atoms with van der Waals surface area (Å²) in [7, 11) is 1.81. The quantitative estimate of drug-likeness (QED) is 0.786. The number of likely N-dealkylation sites (N-methyl/N-ethyl adjacent to an activating group) is 1. The summed E-state index contributed by atoms with van der Waals surface area (Å²) in [5, 5.41) is 0.495. The molecular formula is C15H17FN2O2. The molecule has 20 heavy (non-hydrogen) atoms. The first kappa shape index (κ1) is 14.4. The Kier molecular flexibility index (Phi) is 4.63. The molecule has 0 radical (unpaired) electrons. The maximum absolute atomic E-state index is 13.7. The number of carbonyl (C=O) groups is 1. The Morgan fingerprint density at radius 3 is 2.95 bits per heavy atom. The van der Waals surface area contributed by atoms with Gasteiger partial charge in [0, 0.05) is 18.1 Å². The molecule has 0 aliphatic rings. The molecule has 0 spiro atoms. The Hall–Kier alpha value is -2.01. The lowest BCUT2D eigenvalue weighted by atomic mass is 10.1. The second-order valence-corrected chi connectivity index (χ2v) is 4.58. The predicted octanol–water partition coefficient (Wildman–Crippen LogP) is 2.37. The molecule has 1 aromatic carbocycles. The van der Waals surface area contributed by atoms with Gasteiger partial charge in [0.05, 0.1) is 18.7 Å². The van der Waals surface area contributed by atoms with Gasteiger partial charge in [0.15, 0.2) is 0 Å². The van der Waals surface area contributed by atoms with E-state index in [1.165, 1.54) is 6.07 Å². The maximum Gasteiger partial charge on any atom is 0.320 e. The Morgan fingerprint density at radius 2 is 2.20 bits per heavy atom. The van der Waals surface area contributed by atoms with Gasteiger partial charge in [-0.1, -0.05) is 6.07 Å². The summed E-state index contributed by atoms with van der Waals surface area (Å²) >= 11 is 0. The van der Waals surface area contributed by atoms with E-state index in [1.807, 2.05) is 11.9 Å². The third-order valence-electron chi connectivity index (χ3n) is 2.94. The van der Waals surface area contributed by atoms with Crippen molar-refractivity contribution in [2.45, 2.75) is 13.5 Å². The molecule has 0 aliphatic carbocycles. The molecule has 106 valence electrons. The average Bonchev–Trinajstić information content (AvgIpc) is 2.42. The number of hydrogen-bond acceptors (Lipinski definition) is 4. The van der Waals surface area contributed by atoms with Crippen molar-refractivity contribution in [3.63, 3.8) is 0 Å². The van der Waals surface area contributed by atoms with Gasteiger partial charge in [-0.05, 0) is 37.7 Å². The summed E-state index contributed by atoms with van der Waals surface area (Å²) in [6.45, 7) is 2.84. The zero-order valence-corrected chi connectivity index (χ0v) is 11.6. The molecular weight excluding hydrogens is 259 g/mol. The largest absolute Gasteiger partial charge is 0.465 e. The van der Waals surface area contributed by atoms with Crippen LogP contribution < -0.4 is 0 Å². The van der Waals surface area contributed by atoms with E-state index in [9.17, 15) is 9.18 Å². The number of aromatic nitrogens is 1. The highest BCUT2D eigenvalue weighted by molar-refractivity contribution is 5.82. The summed E-state index contributed by atoms with van der Waals surface area (Å²) in [5.41, 5.74) is 1.51. The monoisotopic (exact) mass is 276 g/mol. The topological polar surface area (TPSA) is 42.4 Å². The standard InChI is InChI=1S/C15H17FN2O2/c1-3-20-14(19)10-18(2)9-11-6-7-13(16)12-5-4-8-17-15(11)12/h4-8H,3,9-10H2,1-2H3. The summed E-state index contributed by atoms with van der Waals surface area (Å²) < 4.78 is 18.6. The smallest absolute Gasteiger partial charge is 0.320 e. The van der Waals surface area contributed by atoms with Crippen LogP contribution in [-0.2, 0) is 16.1 Å². The van der Waals surface area contributed by atoms with E-state index >= 15 is 0 Å². The summed E-state index contributed by atoms with van der Waals surface area (Å²) in [6, 6.07) is 6.54. The van der Waals surface area contributed by atoms with E-state index in [0.29, 0.717) is 24.1 Å². The fourth-order valence-corrected chi connectivity index (χ4v) is 2.10. The number of carbonyl (C=O) groups excluding carboxylic acids is 1. The molecule has 0 fully saturated rings. The van der Waals surface area contributed by atoms with Crippen molar-refractivity contribution in [3.8, 4) is 0 Å². The Labute approximate surface area is 117 Å². The van der Waals surface area contributed by atoms with Crippen molar-refractivity contribution < 1.29 is 13.9 Å². The zero-order chi connectivity index (χ0) is 14.5. The number of halogens is 1. The second-order valence-electron chi connectivity index (χ2n) is 4.58. The maximum atomic E-state index is 13.7. The highest BCUT2D eigenvalue weighted by Crippen LogP contribution is 2.20. The van der Waals surface area contributed by atoms with E-state index in [2.05, 4.69) is 4.98 Å². The lowest BCUT2D eigenvalue weighted by molar-refractivity contribution is -0.144. The number of nitrogens with zero attached hydrogens (tertiary/aromatic N) is 2. The van der Waals surface area contributed by atoms with Crippen LogP contribution in [-0.4, -0.2) is 36.1 Å². The number of ether oxygens (including phenoxy) is 1. The minimum atomic E-state index is -0.287. The predicted molar refractivity (Wildman–Crippen MR) is 74.7 cm³/mol. The summed E-state index contributed by atoms with van der Waals surface area (Å²) in [5.74, 6) is -0.556. The van der Waals surface area contributed by atoms with E-state index in [4.69, 9.17) is 4.74 Å². The van der Waals surface area contributed by atoms with E-state index < -0.39 is 0 Å². The fourth-order valence-electron chi connectivity index (χ4n) is 2.10. The van der Waals surface area contributed by atoms with Crippen molar-refractivity contribution in [1.29, 1.82) is 0 Å². The van der Waals surface area contributed by atoms with Gasteiger partial charge in [0.1, 0.15) is 5.82 Å². The molecule has 4 nitrogen and oxygen atoms in total. The van der Waals surface area contributed by atoms with Crippen LogP contribution in [0.1, 0.15) is 12.5 Å². The van der Waals surface area contributed by atoms with Crippen LogP contribution in [0.25, 0.3) is 10.9 Å². The van der Waals surface area contributed by atoms with Crippen LogP contribution in [0.4, 0.5) is 4.39 Å². The molecule has 1 aromatic heterocycles. The second kappa shape index (κ2) is 6.43. The van der Waals surface area contributed by atoms with Crippen molar-refractivity contribution >= 4 is 16.9 Å². The molecule has 1 heterocycles. The van der Waals surface area contributed by atoms with Crippen molar-refractivity contribution in [2.75, 3.05) is 20.2 Å². The lowest BCUT2D eigenvalue weighted by Crippen LogP contribution is -2.27. The van der Waals surface area contributed by atoms with Crippen LogP contribution in [0.15, 0.2) is 30.5 Å². The Morgan fingerprint density at radius 1 is 1.40 bits per heavy atom. The van der Waals surface area contributed by atoms with Gasteiger partial charge >= 0.3 is 5.97 Å². The summed E-state index contributed by atoms with van der Waals surface area (Å²) in [4.78, 5) is 17.5. The Balaban J connectivity index is 2.18. The Bertz CT molecular complexity index is 616. The van der Waals surface area contributed by atoms with Crippen LogP contribution in [0.3, 0.4) is 0 Å². The lowest BCUT2D eigenvalue weighted by Gasteiger charge is -2.16. The van der Waals surface area contributed by atoms with Crippen molar-refractivity contribution in [1.82, 2.24) is 9.88 Å². The normalized spacial score (nSPS) is 11.0. The molecule has 0 saturated carbocycles. The minimum absolute atomic E-state index is 0.194. The van der Waals surface area contributed by atoms with Gasteiger partial charge in [-0.3, -0.25) is 14.7 Å². The first-order valence-electron chi connectivity index (χ1n) is 6.48. The van der Waals surface area contributed by atoms with E-state index in [0.717, 1.165) is 5.56 Å². The first-order chi connectivity index (χ1) is 9.61. The third-order valence-corrected chi connectivity index (χ3v) is 2.94. The zero-order valence-electron chi connectivity index (χ0n) is 11.6. The van der Waals surface area contributed by atoms with Gasteiger partial charge in [-0.2, -0.15) is 0 Å². The number of hydrogen-bond donors (Lipinski definition) is 0. The van der Waals surface area contributed by atoms with Crippen molar-refractivity contribution in [2.24, 2.45) is 0 Å². The van der Waals surface area contributed by atoms with Crippen LogP contribution in [0, 0.1) is 5.82 Å². The number of esters is 1. The fraction of sp³-hybridized carbons (Fsp3) is 0.333. The van der Waals surface area contributed by atoms with Crippen molar-refractivity contribution in [3.05, 3.63) is 41.8 Å². The molecule has 2 aromatic rings. The molecule has 0 saturated heterocycles. The van der Waals surface area contributed by atoms with Gasteiger partial charge in [0.2, 0.25) is 0 Å². The van der Waals surface area contributed by atoms with Gasteiger partial charge < -0.3 is 4.74 Å². The number of benzene rings is 1. The molecule has 0 atom stereocenters. The molecule has 0 aliphatic heterocycles. The highest BCUT2D eigenvalue weighted by Gasteiger charge is 2.11. The summed E-state index contributed by atoms with van der Waals surface area (Å²) in [6.07, 6.45) is 1.64. The van der Waals surface area contributed by atoms with Crippen LogP contribution >= 0.6 is 0 Å². The number of fused-ring (bicyclic) bond motifs is 1. The van der Waals surface area contributed by atoms with Gasteiger partial charge in [-0.25, -0.2) is 4.39 Å². The molecule has 0 amide bonds. The number of rotatable bonds is 5. The molecule has 0 N–H and O–H groups in total. The minimum Gasteiger partial charge on any atom is -0.465 e. The molecule has 5 heteroatoms. The number of pyridine rings is 1. The van der Waals surface area contributed by atoms with Crippen LogP contribution in [0.2, 0.25) is 0 Å². The molecule has 2 rings (SSSR count). The molecule has 0 unspecified atom stereocenters. The van der Waals surface area contributed by atoms with Crippen LogP contribution in [0.5, 0.6) is 0 Å². The molecule has 0 bridgehead atoms. The third kappa shape index (κ3) is 3.30. The van der Waals surface area contributed by atoms with E-state index in [-0.39, 0.29) is 18.3 Å².